The van der Waals surface area contributed by atoms with Crippen molar-refractivity contribution < 1.29 is 31.1 Å². The van der Waals surface area contributed by atoms with Crippen LogP contribution in [0.1, 0.15) is 23.1 Å². The summed E-state index contributed by atoms with van der Waals surface area (Å²) < 4.78 is 86.3. The van der Waals surface area contributed by atoms with Crippen molar-refractivity contribution in [2.45, 2.75) is 32.3 Å². The molecule has 0 fully saturated rings. The largest absolute Gasteiger partial charge is 0.429 e. The summed E-state index contributed by atoms with van der Waals surface area (Å²) in [6.07, 6.45) is 3.42. The summed E-state index contributed by atoms with van der Waals surface area (Å²) in [4.78, 5) is 0. The molecule has 0 aliphatic carbocycles. The molecule has 0 radical (unpaired) electrons. The van der Waals surface area contributed by atoms with Crippen LogP contribution in [0.15, 0.2) is 73.3 Å². The highest BCUT2D eigenvalue weighted by Crippen LogP contribution is 2.31. The summed E-state index contributed by atoms with van der Waals surface area (Å²) in [5, 5.41) is 0.909. The molecule has 0 unspecified atom stereocenters. The maximum atomic E-state index is 15.2. The molecule has 0 aromatic heterocycles. The van der Waals surface area contributed by atoms with Crippen LogP contribution in [0.25, 0.3) is 21.9 Å². The first-order valence-electron chi connectivity index (χ1n) is 11.3. The summed E-state index contributed by atoms with van der Waals surface area (Å²) in [6.45, 7) is 0.313. The van der Waals surface area contributed by atoms with Crippen molar-refractivity contribution in [3.05, 3.63) is 113 Å². The van der Waals surface area contributed by atoms with E-state index in [2.05, 4.69) is 11.3 Å². The van der Waals surface area contributed by atoms with Gasteiger partial charge in [0.2, 0.25) is 0 Å². The Hall–Kier alpha value is -3.74. The van der Waals surface area contributed by atoms with Crippen molar-refractivity contribution in [1.82, 2.24) is 0 Å². The highest BCUT2D eigenvalue weighted by molar-refractivity contribution is 5.88. The predicted octanol–water partition coefficient (Wildman–Crippen LogP) is 8.57. The Morgan fingerprint density at radius 1 is 0.750 bits per heavy atom. The number of fused-ring (bicyclic) bond motifs is 1. The quantitative estimate of drug-likeness (QED) is 0.165. The first kappa shape index (κ1) is 25.4. The van der Waals surface area contributed by atoms with Crippen molar-refractivity contribution in [1.29, 1.82) is 0 Å². The lowest BCUT2D eigenvalue weighted by molar-refractivity contribution is -0.0546. The molecule has 4 rings (SSSR count). The average Bonchev–Trinajstić information content (AvgIpc) is 2.84. The third-order valence-corrected chi connectivity index (χ3v) is 5.96. The van der Waals surface area contributed by atoms with Crippen molar-refractivity contribution in [2.24, 2.45) is 0 Å². The Morgan fingerprint density at radius 3 is 2.14 bits per heavy atom. The van der Waals surface area contributed by atoms with E-state index in [1.165, 1.54) is 6.07 Å². The number of halogens is 6. The molecule has 0 N–H and O–H groups in total. The number of hydrogen-bond acceptors (Lipinski definition) is 1. The lowest BCUT2D eigenvalue weighted by Crippen LogP contribution is -2.06. The van der Waals surface area contributed by atoms with Crippen LogP contribution in [0.5, 0.6) is 5.75 Å². The average molecular weight is 500 g/mol. The molecule has 0 amide bonds. The van der Waals surface area contributed by atoms with Crippen LogP contribution in [-0.4, -0.2) is 6.61 Å². The molecular formula is C29H22F6O. The van der Waals surface area contributed by atoms with Crippen molar-refractivity contribution >= 4 is 10.8 Å². The van der Waals surface area contributed by atoms with E-state index in [0.717, 1.165) is 24.1 Å². The van der Waals surface area contributed by atoms with Gasteiger partial charge >= 0.3 is 6.61 Å². The molecule has 4 aromatic carbocycles. The van der Waals surface area contributed by atoms with Gasteiger partial charge in [-0.05, 0) is 77.6 Å². The monoisotopic (exact) mass is 500 g/mol. The summed E-state index contributed by atoms with van der Waals surface area (Å²) in [5.41, 5.74) is 2.38. The van der Waals surface area contributed by atoms with E-state index in [1.807, 2.05) is 6.07 Å². The van der Waals surface area contributed by atoms with E-state index >= 15 is 4.39 Å². The van der Waals surface area contributed by atoms with Crippen molar-refractivity contribution in [2.75, 3.05) is 0 Å². The number of alkyl halides is 2. The summed E-state index contributed by atoms with van der Waals surface area (Å²) in [6, 6.07) is 15.0. The molecule has 0 saturated carbocycles. The molecule has 0 spiro atoms. The molecule has 0 atom stereocenters. The molecule has 0 bridgehead atoms. The van der Waals surface area contributed by atoms with E-state index in [9.17, 15) is 22.0 Å². The second-order valence-corrected chi connectivity index (χ2v) is 8.38. The second-order valence-electron chi connectivity index (χ2n) is 8.38. The molecule has 0 heterocycles. The van der Waals surface area contributed by atoms with E-state index in [1.54, 1.807) is 42.5 Å². The maximum Gasteiger partial charge on any atom is 0.387 e. The van der Waals surface area contributed by atoms with Crippen LogP contribution in [0.2, 0.25) is 0 Å². The van der Waals surface area contributed by atoms with Gasteiger partial charge in [-0.1, -0.05) is 42.5 Å². The summed E-state index contributed by atoms with van der Waals surface area (Å²) >= 11 is 0. The van der Waals surface area contributed by atoms with Crippen LogP contribution in [0.3, 0.4) is 0 Å². The molecule has 36 heavy (non-hydrogen) atoms. The van der Waals surface area contributed by atoms with Crippen molar-refractivity contribution in [3.63, 3.8) is 0 Å². The molecule has 4 aromatic rings. The van der Waals surface area contributed by atoms with Gasteiger partial charge in [-0.3, -0.25) is 0 Å². The topological polar surface area (TPSA) is 9.23 Å². The van der Waals surface area contributed by atoms with E-state index < -0.39 is 29.8 Å². The number of benzene rings is 4. The number of ether oxygens (including phenoxy) is 1. The van der Waals surface area contributed by atoms with Crippen LogP contribution < -0.4 is 4.74 Å². The molecular weight excluding hydrogens is 478 g/mol. The van der Waals surface area contributed by atoms with Gasteiger partial charge in [-0.15, -0.1) is 6.58 Å². The molecule has 0 aliphatic heterocycles. The van der Waals surface area contributed by atoms with Crippen LogP contribution >= 0.6 is 0 Å². The fourth-order valence-electron chi connectivity index (χ4n) is 4.15. The Balaban J connectivity index is 1.54. The first-order valence-corrected chi connectivity index (χ1v) is 11.3. The highest BCUT2D eigenvalue weighted by Gasteiger charge is 2.17. The maximum absolute atomic E-state index is 15.2. The SMILES string of the molecule is C=CCCc1ccc(-c2ccc3c(F)c(CCc4cc(F)c(OC(F)F)c(F)c4)ccc3c2)c(F)c1. The van der Waals surface area contributed by atoms with Gasteiger partial charge in [0, 0.05) is 10.9 Å². The zero-order valence-corrected chi connectivity index (χ0v) is 19.1. The molecule has 0 saturated heterocycles. The van der Waals surface area contributed by atoms with Crippen LogP contribution in [-0.2, 0) is 19.3 Å². The van der Waals surface area contributed by atoms with Gasteiger partial charge in [-0.25, -0.2) is 17.6 Å². The van der Waals surface area contributed by atoms with E-state index in [0.29, 0.717) is 33.9 Å². The summed E-state index contributed by atoms with van der Waals surface area (Å²) in [7, 11) is 0. The standard InChI is InChI=1S/C29H22F6O/c1-2-3-4-17-6-11-22(24(30)13-17)20-10-12-23-21(16-20)9-8-19(27(23)33)7-5-18-14-25(31)28(26(32)15-18)36-29(34)35/h2,6,8-16,29H,1,3-5,7H2. The minimum atomic E-state index is -3.36. The number of aryl methyl sites for hydroxylation is 3. The van der Waals surface area contributed by atoms with E-state index in [-0.39, 0.29) is 24.2 Å². The Kier molecular flexibility index (Phi) is 7.67. The molecule has 0 aliphatic rings. The number of allylic oxidation sites excluding steroid dienone is 1. The van der Waals surface area contributed by atoms with Gasteiger partial charge in [0.15, 0.2) is 17.4 Å². The van der Waals surface area contributed by atoms with Gasteiger partial charge in [0.05, 0.1) is 0 Å². The minimum absolute atomic E-state index is 0.0761. The Morgan fingerprint density at radius 2 is 1.47 bits per heavy atom. The number of hydrogen-bond donors (Lipinski definition) is 0. The van der Waals surface area contributed by atoms with Gasteiger partial charge < -0.3 is 4.74 Å². The Labute approximate surface area is 204 Å². The second kappa shape index (κ2) is 10.9. The lowest BCUT2D eigenvalue weighted by atomic mass is 9.96. The molecule has 186 valence electrons. The highest BCUT2D eigenvalue weighted by atomic mass is 19.3. The Bertz CT molecular complexity index is 1390. The summed E-state index contributed by atoms with van der Waals surface area (Å²) in [5.74, 6) is -4.50. The fraction of sp³-hybridized carbons (Fsp3) is 0.172. The molecule has 7 heteroatoms. The smallest absolute Gasteiger partial charge is 0.387 e. The lowest BCUT2D eigenvalue weighted by Gasteiger charge is -2.11. The zero-order chi connectivity index (χ0) is 25.8. The van der Waals surface area contributed by atoms with Gasteiger partial charge in [0.1, 0.15) is 11.6 Å². The zero-order valence-electron chi connectivity index (χ0n) is 19.1. The third-order valence-electron chi connectivity index (χ3n) is 5.96. The third kappa shape index (κ3) is 5.56. The molecule has 1 nitrogen and oxygen atoms in total. The van der Waals surface area contributed by atoms with Gasteiger partial charge in [-0.2, -0.15) is 8.78 Å². The first-order chi connectivity index (χ1) is 17.3. The minimum Gasteiger partial charge on any atom is -0.429 e. The normalized spacial score (nSPS) is 11.3. The predicted molar refractivity (Wildman–Crippen MR) is 128 cm³/mol. The van der Waals surface area contributed by atoms with E-state index in [4.69, 9.17) is 0 Å². The van der Waals surface area contributed by atoms with Crippen LogP contribution in [0.4, 0.5) is 26.3 Å². The van der Waals surface area contributed by atoms with Gasteiger partial charge in [0.25, 0.3) is 0 Å². The number of rotatable bonds is 9. The fourth-order valence-corrected chi connectivity index (χ4v) is 4.15. The van der Waals surface area contributed by atoms with Crippen LogP contribution in [0, 0.1) is 23.3 Å². The van der Waals surface area contributed by atoms with Crippen molar-refractivity contribution in [3.8, 4) is 16.9 Å².